The number of carbonyl (C=O) groups is 1. The molecule has 1 aromatic carbocycles. The molecular formula is C23H31N3O4. The van der Waals surface area contributed by atoms with Gasteiger partial charge >= 0.3 is 0 Å². The van der Waals surface area contributed by atoms with Crippen LogP contribution in [0.1, 0.15) is 44.0 Å². The first kappa shape index (κ1) is 19.8. The second-order valence-corrected chi connectivity index (χ2v) is 9.35. The van der Waals surface area contributed by atoms with Crippen LogP contribution in [0.5, 0.6) is 0 Å². The van der Waals surface area contributed by atoms with Crippen LogP contribution in [0.2, 0.25) is 0 Å². The molecule has 4 atom stereocenters. The molecule has 1 aromatic heterocycles. The SMILES string of the molecule is CC1C2COCC1CC(NC(=O)c1cccc3oc(N4[C@@H](C)COC[C@@H]4C)nc13)C2. The predicted octanol–water partition coefficient (Wildman–Crippen LogP) is 3.23. The van der Waals surface area contributed by atoms with Crippen molar-refractivity contribution >= 4 is 23.0 Å². The van der Waals surface area contributed by atoms with E-state index in [0.29, 0.717) is 53.6 Å². The second kappa shape index (κ2) is 7.85. The lowest BCUT2D eigenvalue weighted by molar-refractivity contribution is -0.0569. The van der Waals surface area contributed by atoms with Crippen molar-refractivity contribution in [2.45, 2.75) is 51.7 Å². The number of oxazole rings is 1. The molecule has 0 radical (unpaired) electrons. The molecule has 1 saturated carbocycles. The molecule has 3 fully saturated rings. The Morgan fingerprint density at radius 3 is 2.40 bits per heavy atom. The van der Waals surface area contributed by atoms with Crippen molar-refractivity contribution in [2.24, 2.45) is 17.8 Å². The van der Waals surface area contributed by atoms with Gasteiger partial charge in [-0.2, -0.15) is 4.98 Å². The third kappa shape index (κ3) is 3.48. The van der Waals surface area contributed by atoms with Gasteiger partial charge in [0, 0.05) is 19.3 Å². The van der Waals surface area contributed by atoms with Gasteiger partial charge in [0.05, 0.1) is 30.9 Å². The van der Waals surface area contributed by atoms with E-state index in [-0.39, 0.29) is 24.0 Å². The van der Waals surface area contributed by atoms with E-state index in [4.69, 9.17) is 18.9 Å². The molecule has 2 bridgehead atoms. The minimum Gasteiger partial charge on any atom is -0.423 e. The summed E-state index contributed by atoms with van der Waals surface area (Å²) in [5.41, 5.74) is 1.85. The molecule has 2 saturated heterocycles. The van der Waals surface area contributed by atoms with Crippen molar-refractivity contribution in [1.29, 1.82) is 0 Å². The summed E-state index contributed by atoms with van der Waals surface area (Å²) in [4.78, 5) is 20.1. The Balaban J connectivity index is 1.38. The number of hydrogen-bond acceptors (Lipinski definition) is 6. The van der Waals surface area contributed by atoms with E-state index in [2.05, 4.69) is 31.0 Å². The average Bonchev–Trinajstić information content (AvgIpc) is 3.12. The van der Waals surface area contributed by atoms with Crippen LogP contribution in [0.3, 0.4) is 0 Å². The Morgan fingerprint density at radius 1 is 1.03 bits per heavy atom. The third-order valence-corrected chi connectivity index (χ3v) is 7.20. The Kier molecular flexibility index (Phi) is 5.19. The molecular weight excluding hydrogens is 382 g/mol. The first-order chi connectivity index (χ1) is 14.5. The molecule has 1 amide bonds. The van der Waals surface area contributed by atoms with Gasteiger partial charge in [-0.3, -0.25) is 4.79 Å². The van der Waals surface area contributed by atoms with Crippen LogP contribution in [0.15, 0.2) is 22.6 Å². The maximum atomic E-state index is 13.2. The number of morpholine rings is 1. The number of anilines is 1. The van der Waals surface area contributed by atoms with Crippen molar-refractivity contribution in [3.05, 3.63) is 23.8 Å². The molecule has 2 aromatic rings. The molecule has 3 aliphatic rings. The molecule has 2 aliphatic heterocycles. The average molecular weight is 414 g/mol. The Labute approximate surface area is 177 Å². The summed E-state index contributed by atoms with van der Waals surface area (Å²) in [6, 6.07) is 6.67. The highest BCUT2D eigenvalue weighted by atomic mass is 16.5. The van der Waals surface area contributed by atoms with E-state index in [9.17, 15) is 4.79 Å². The first-order valence-corrected chi connectivity index (χ1v) is 11.2. The van der Waals surface area contributed by atoms with E-state index >= 15 is 0 Å². The van der Waals surface area contributed by atoms with Crippen LogP contribution in [-0.4, -0.2) is 55.4 Å². The summed E-state index contributed by atoms with van der Waals surface area (Å²) in [6.07, 6.45) is 1.96. The van der Waals surface area contributed by atoms with Crippen LogP contribution >= 0.6 is 0 Å². The molecule has 3 heterocycles. The number of rotatable bonds is 3. The van der Waals surface area contributed by atoms with Crippen LogP contribution < -0.4 is 10.2 Å². The molecule has 7 heteroatoms. The van der Waals surface area contributed by atoms with Gasteiger partial charge in [0.15, 0.2) is 5.58 Å². The Hall–Kier alpha value is -2.12. The highest BCUT2D eigenvalue weighted by Crippen LogP contribution is 2.38. The fourth-order valence-corrected chi connectivity index (χ4v) is 5.44. The van der Waals surface area contributed by atoms with Crippen LogP contribution in [0.4, 0.5) is 6.01 Å². The normalized spacial score (nSPS) is 34.2. The highest BCUT2D eigenvalue weighted by Gasteiger charge is 2.39. The lowest BCUT2D eigenvalue weighted by Crippen LogP contribution is -2.50. The molecule has 30 heavy (non-hydrogen) atoms. The fraction of sp³-hybridized carbons (Fsp3) is 0.652. The summed E-state index contributed by atoms with van der Waals surface area (Å²) >= 11 is 0. The molecule has 162 valence electrons. The number of ether oxygens (including phenoxy) is 2. The Bertz CT molecular complexity index is 904. The molecule has 2 unspecified atom stereocenters. The summed E-state index contributed by atoms with van der Waals surface area (Å²) in [6.45, 7) is 9.42. The zero-order valence-corrected chi connectivity index (χ0v) is 18.0. The molecule has 7 nitrogen and oxygen atoms in total. The van der Waals surface area contributed by atoms with E-state index in [1.165, 1.54) is 0 Å². The summed E-state index contributed by atoms with van der Waals surface area (Å²) in [7, 11) is 0. The lowest BCUT2D eigenvalue weighted by atomic mass is 9.70. The van der Waals surface area contributed by atoms with E-state index in [1.54, 1.807) is 0 Å². The maximum Gasteiger partial charge on any atom is 0.299 e. The molecule has 1 aliphatic carbocycles. The van der Waals surface area contributed by atoms with Crippen LogP contribution in [0.25, 0.3) is 11.1 Å². The van der Waals surface area contributed by atoms with Crippen molar-refractivity contribution in [2.75, 3.05) is 31.3 Å². The standard InChI is InChI=1S/C23H31N3O4/c1-13-9-28-10-14(2)26(13)23-25-21-19(5-4-6-20(21)30-23)22(27)24-18-7-16-11-29-12-17(8-18)15(16)3/h4-6,13-18H,7-12H2,1-3H3,(H,24,27)/t13-,14-,15?,16?,17?,18?/m0/s1. The quantitative estimate of drug-likeness (QED) is 0.833. The van der Waals surface area contributed by atoms with Gasteiger partial charge in [0.2, 0.25) is 0 Å². The van der Waals surface area contributed by atoms with E-state index in [1.807, 2.05) is 18.2 Å². The van der Waals surface area contributed by atoms with Gasteiger partial charge in [-0.1, -0.05) is 13.0 Å². The maximum absolute atomic E-state index is 13.2. The van der Waals surface area contributed by atoms with Crippen LogP contribution in [0, 0.1) is 17.8 Å². The van der Waals surface area contributed by atoms with Crippen LogP contribution in [-0.2, 0) is 9.47 Å². The zero-order valence-electron chi connectivity index (χ0n) is 18.0. The Morgan fingerprint density at radius 2 is 1.70 bits per heavy atom. The largest absolute Gasteiger partial charge is 0.423 e. The van der Waals surface area contributed by atoms with Crippen molar-refractivity contribution in [3.63, 3.8) is 0 Å². The topological polar surface area (TPSA) is 76.8 Å². The van der Waals surface area contributed by atoms with Gasteiger partial charge in [-0.05, 0) is 56.6 Å². The van der Waals surface area contributed by atoms with Gasteiger partial charge in [-0.15, -0.1) is 0 Å². The second-order valence-electron chi connectivity index (χ2n) is 9.35. The number of para-hydroxylation sites is 1. The lowest BCUT2D eigenvalue weighted by Gasteiger charge is -2.44. The van der Waals surface area contributed by atoms with Gasteiger partial charge in [-0.25, -0.2) is 0 Å². The first-order valence-electron chi connectivity index (χ1n) is 11.2. The third-order valence-electron chi connectivity index (χ3n) is 7.20. The van der Waals surface area contributed by atoms with Gasteiger partial charge in [0.25, 0.3) is 11.9 Å². The van der Waals surface area contributed by atoms with Gasteiger partial charge in [0.1, 0.15) is 5.52 Å². The number of carbonyl (C=O) groups excluding carboxylic acids is 1. The van der Waals surface area contributed by atoms with Crippen molar-refractivity contribution in [1.82, 2.24) is 10.3 Å². The summed E-state index contributed by atoms with van der Waals surface area (Å²) < 4.78 is 17.4. The van der Waals surface area contributed by atoms with E-state index in [0.717, 1.165) is 26.1 Å². The molecule has 5 rings (SSSR count). The molecule has 1 N–H and O–H groups in total. The number of nitrogens with one attached hydrogen (secondary N) is 1. The van der Waals surface area contributed by atoms with Crippen molar-refractivity contribution < 1.29 is 18.7 Å². The monoisotopic (exact) mass is 413 g/mol. The number of fused-ring (bicyclic) bond motifs is 3. The highest BCUT2D eigenvalue weighted by molar-refractivity contribution is 6.04. The zero-order chi connectivity index (χ0) is 20.8. The van der Waals surface area contributed by atoms with Crippen molar-refractivity contribution in [3.8, 4) is 0 Å². The molecule has 0 spiro atoms. The van der Waals surface area contributed by atoms with Gasteiger partial charge < -0.3 is 24.1 Å². The number of hydrogen-bond donors (Lipinski definition) is 1. The fourth-order valence-electron chi connectivity index (χ4n) is 5.44. The number of nitrogens with zero attached hydrogens (tertiary/aromatic N) is 2. The predicted molar refractivity (Wildman–Crippen MR) is 114 cm³/mol. The number of benzene rings is 1. The minimum atomic E-state index is -0.0675. The summed E-state index contributed by atoms with van der Waals surface area (Å²) in [5.74, 6) is 1.66. The van der Waals surface area contributed by atoms with E-state index < -0.39 is 0 Å². The number of amides is 1. The number of aromatic nitrogens is 1. The smallest absolute Gasteiger partial charge is 0.299 e. The minimum absolute atomic E-state index is 0.0675. The summed E-state index contributed by atoms with van der Waals surface area (Å²) in [5, 5.41) is 3.27.